The second-order valence-corrected chi connectivity index (χ2v) is 4.44. The monoisotopic (exact) mass is 233 g/mol. The van der Waals surface area contributed by atoms with Crippen LogP contribution < -0.4 is 0 Å². The fraction of sp³-hybridized carbons (Fsp3) is 0.417. The normalized spacial score (nSPS) is 15.5. The molecule has 0 aromatic carbocycles. The molecule has 2 aromatic heterocycles. The molecule has 0 atom stereocenters. The van der Waals surface area contributed by atoms with Gasteiger partial charge in [0.15, 0.2) is 0 Å². The highest BCUT2D eigenvalue weighted by molar-refractivity contribution is 6.17. The molecule has 1 aliphatic rings. The summed E-state index contributed by atoms with van der Waals surface area (Å²) in [6.07, 6.45) is 11.7. The van der Waals surface area contributed by atoms with Crippen LogP contribution in [0.1, 0.15) is 30.0 Å². The zero-order chi connectivity index (χ0) is 11.1. The third-order valence-corrected chi connectivity index (χ3v) is 3.30. The van der Waals surface area contributed by atoms with Crippen molar-refractivity contribution in [1.29, 1.82) is 0 Å². The van der Waals surface area contributed by atoms with E-state index in [1.165, 1.54) is 12.8 Å². The Bertz CT molecular complexity index is 569. The fourth-order valence-electron chi connectivity index (χ4n) is 2.14. The van der Waals surface area contributed by atoms with E-state index in [2.05, 4.69) is 11.0 Å². The highest BCUT2D eigenvalue weighted by Gasteiger charge is 2.30. The van der Waals surface area contributed by atoms with Gasteiger partial charge in [0.05, 0.1) is 18.1 Å². The van der Waals surface area contributed by atoms with Crippen LogP contribution in [0.2, 0.25) is 0 Å². The first-order valence-corrected chi connectivity index (χ1v) is 5.94. The number of aromatic nitrogens is 3. The second kappa shape index (κ2) is 3.57. The van der Waals surface area contributed by atoms with Crippen LogP contribution in [-0.4, -0.2) is 14.2 Å². The zero-order valence-electron chi connectivity index (χ0n) is 8.86. The topological polar surface area (TPSA) is 22.2 Å². The van der Waals surface area contributed by atoms with Crippen molar-refractivity contribution in [2.75, 3.05) is 0 Å². The number of halogens is 1. The smallest absolute Gasteiger partial charge is 0.141 e. The summed E-state index contributed by atoms with van der Waals surface area (Å²) in [7, 11) is 0. The standard InChI is InChI=1S/C12H12ClN3/c1-2-5-15-6-7-16-12(15)10(8-13)11(14-16)9-3-4-9/h1,6-7,9H,3-5,8H2. The van der Waals surface area contributed by atoms with E-state index in [0.717, 1.165) is 16.9 Å². The molecule has 2 aromatic rings. The first kappa shape index (κ1) is 9.80. The summed E-state index contributed by atoms with van der Waals surface area (Å²) >= 11 is 6.03. The number of fused-ring (bicyclic) bond motifs is 1. The molecule has 82 valence electrons. The van der Waals surface area contributed by atoms with Gasteiger partial charge in [0.2, 0.25) is 0 Å². The van der Waals surface area contributed by atoms with Crippen molar-refractivity contribution in [3.63, 3.8) is 0 Å². The third-order valence-electron chi connectivity index (χ3n) is 3.03. The minimum atomic E-state index is 0.504. The third kappa shape index (κ3) is 1.34. The summed E-state index contributed by atoms with van der Waals surface area (Å²) in [5.74, 6) is 3.77. The number of hydrogen-bond acceptors (Lipinski definition) is 1. The van der Waals surface area contributed by atoms with E-state index in [4.69, 9.17) is 18.0 Å². The van der Waals surface area contributed by atoms with E-state index in [1.54, 1.807) is 0 Å². The molecule has 1 saturated carbocycles. The van der Waals surface area contributed by atoms with Gasteiger partial charge in [-0.05, 0) is 12.8 Å². The lowest BCUT2D eigenvalue weighted by Gasteiger charge is -2.00. The Balaban J connectivity index is 2.20. The van der Waals surface area contributed by atoms with Crippen molar-refractivity contribution < 1.29 is 0 Å². The summed E-state index contributed by atoms with van der Waals surface area (Å²) in [6.45, 7) is 0.566. The summed E-state index contributed by atoms with van der Waals surface area (Å²) in [4.78, 5) is 0. The van der Waals surface area contributed by atoms with Crippen molar-refractivity contribution in [2.45, 2.75) is 31.2 Å². The molecule has 0 saturated heterocycles. The summed E-state index contributed by atoms with van der Waals surface area (Å²) in [5.41, 5.74) is 3.36. The average Bonchev–Trinajstić information content (AvgIpc) is 2.96. The van der Waals surface area contributed by atoms with Crippen molar-refractivity contribution in [3.05, 3.63) is 23.7 Å². The number of terminal acetylenes is 1. The molecule has 1 fully saturated rings. The van der Waals surface area contributed by atoms with Crippen molar-refractivity contribution in [1.82, 2.24) is 14.2 Å². The molecule has 3 nitrogen and oxygen atoms in total. The van der Waals surface area contributed by atoms with Gasteiger partial charge in [-0.25, -0.2) is 4.52 Å². The fourth-order valence-corrected chi connectivity index (χ4v) is 2.40. The predicted octanol–water partition coefficient (Wildman–Crippen LogP) is 2.39. The van der Waals surface area contributed by atoms with Crippen LogP contribution in [0.25, 0.3) is 5.65 Å². The number of hydrogen-bond donors (Lipinski definition) is 0. The molecule has 0 bridgehead atoms. The molecule has 0 unspecified atom stereocenters. The molecule has 4 heteroatoms. The van der Waals surface area contributed by atoms with Gasteiger partial charge < -0.3 is 4.57 Å². The van der Waals surface area contributed by atoms with Crippen LogP contribution >= 0.6 is 11.6 Å². The Hall–Kier alpha value is -1.40. The molecule has 16 heavy (non-hydrogen) atoms. The van der Waals surface area contributed by atoms with Gasteiger partial charge in [0.25, 0.3) is 0 Å². The SMILES string of the molecule is C#CCn1ccn2nc(C3CC3)c(CCl)c12. The minimum Gasteiger partial charge on any atom is -0.319 e. The summed E-state index contributed by atoms with van der Waals surface area (Å²) in [6, 6.07) is 0. The van der Waals surface area contributed by atoms with Gasteiger partial charge in [-0.1, -0.05) is 5.92 Å². The van der Waals surface area contributed by atoms with Gasteiger partial charge in [-0.15, -0.1) is 18.0 Å². The van der Waals surface area contributed by atoms with Crippen molar-refractivity contribution in [2.24, 2.45) is 0 Å². The number of nitrogens with zero attached hydrogens (tertiary/aromatic N) is 3. The van der Waals surface area contributed by atoms with Crippen LogP contribution in [0.15, 0.2) is 12.4 Å². The molecule has 0 aliphatic heterocycles. The van der Waals surface area contributed by atoms with Crippen LogP contribution in [-0.2, 0) is 12.4 Å². The predicted molar refractivity (Wildman–Crippen MR) is 63.5 cm³/mol. The van der Waals surface area contributed by atoms with E-state index >= 15 is 0 Å². The Morgan fingerprint density at radius 3 is 2.94 bits per heavy atom. The quantitative estimate of drug-likeness (QED) is 0.590. The van der Waals surface area contributed by atoms with Gasteiger partial charge in [0.1, 0.15) is 5.65 Å². The maximum Gasteiger partial charge on any atom is 0.141 e. The molecule has 1 aliphatic carbocycles. The minimum absolute atomic E-state index is 0.504. The number of alkyl halides is 1. The Labute approximate surface area is 99.0 Å². The van der Waals surface area contributed by atoms with E-state index < -0.39 is 0 Å². The van der Waals surface area contributed by atoms with Crippen molar-refractivity contribution >= 4 is 17.2 Å². The lowest BCUT2D eigenvalue weighted by molar-refractivity contribution is 0.862. The Kier molecular flexibility index (Phi) is 2.19. The molecule has 0 amide bonds. The van der Waals surface area contributed by atoms with Crippen LogP contribution in [0.5, 0.6) is 0 Å². The first-order valence-electron chi connectivity index (χ1n) is 5.40. The van der Waals surface area contributed by atoms with E-state index in [1.807, 2.05) is 21.5 Å². The molecule has 3 rings (SSSR count). The maximum absolute atomic E-state index is 6.03. The van der Waals surface area contributed by atoms with Gasteiger partial charge in [0, 0.05) is 23.9 Å². The zero-order valence-corrected chi connectivity index (χ0v) is 9.61. The average molecular weight is 234 g/mol. The van der Waals surface area contributed by atoms with Crippen LogP contribution in [0.3, 0.4) is 0 Å². The molecule has 2 heterocycles. The lowest BCUT2D eigenvalue weighted by atomic mass is 10.2. The Morgan fingerprint density at radius 2 is 2.31 bits per heavy atom. The second-order valence-electron chi connectivity index (χ2n) is 4.17. The van der Waals surface area contributed by atoms with E-state index in [-0.39, 0.29) is 0 Å². The van der Waals surface area contributed by atoms with Gasteiger partial charge >= 0.3 is 0 Å². The summed E-state index contributed by atoms with van der Waals surface area (Å²) < 4.78 is 3.92. The number of imidazole rings is 1. The highest BCUT2D eigenvalue weighted by Crippen LogP contribution is 2.42. The molecular formula is C12H12ClN3. The van der Waals surface area contributed by atoms with Crippen LogP contribution in [0, 0.1) is 12.3 Å². The number of rotatable bonds is 3. The Morgan fingerprint density at radius 1 is 1.50 bits per heavy atom. The van der Waals surface area contributed by atoms with Crippen molar-refractivity contribution in [3.8, 4) is 12.3 Å². The highest BCUT2D eigenvalue weighted by atomic mass is 35.5. The van der Waals surface area contributed by atoms with E-state index in [0.29, 0.717) is 18.3 Å². The first-order chi connectivity index (χ1) is 7.85. The largest absolute Gasteiger partial charge is 0.319 e. The molecule has 0 N–H and O–H groups in total. The molecular weight excluding hydrogens is 222 g/mol. The molecule has 0 radical (unpaired) electrons. The van der Waals surface area contributed by atoms with Gasteiger partial charge in [-0.3, -0.25) is 0 Å². The van der Waals surface area contributed by atoms with Gasteiger partial charge in [-0.2, -0.15) is 5.10 Å². The van der Waals surface area contributed by atoms with Crippen LogP contribution in [0.4, 0.5) is 0 Å². The maximum atomic E-state index is 6.03. The van der Waals surface area contributed by atoms with E-state index in [9.17, 15) is 0 Å². The lowest BCUT2D eigenvalue weighted by Crippen LogP contribution is -1.96. The summed E-state index contributed by atoms with van der Waals surface area (Å²) in [5, 5.41) is 4.59. The molecule has 0 spiro atoms.